The van der Waals surface area contributed by atoms with E-state index in [4.69, 9.17) is 11.6 Å². The van der Waals surface area contributed by atoms with Crippen LogP contribution in [0.5, 0.6) is 0 Å². The van der Waals surface area contributed by atoms with E-state index in [1.54, 1.807) is 12.1 Å². The van der Waals surface area contributed by atoms with Gasteiger partial charge in [0.15, 0.2) is 0 Å². The smallest absolute Gasteiger partial charge is 0.225 e. The number of likely N-dealkylation sites (tertiary alicyclic amines) is 2. The summed E-state index contributed by atoms with van der Waals surface area (Å²) in [4.78, 5) is 17.3. The molecule has 1 N–H and O–H groups in total. The highest BCUT2D eigenvalue weighted by Gasteiger charge is 2.22. The van der Waals surface area contributed by atoms with E-state index in [0.717, 1.165) is 31.2 Å². The van der Waals surface area contributed by atoms with Crippen LogP contribution in [0, 0.1) is 5.92 Å². The third kappa shape index (κ3) is 6.57. The Bertz CT molecular complexity index is 547. The van der Waals surface area contributed by atoms with Gasteiger partial charge in [-0.15, -0.1) is 0 Å². The maximum atomic E-state index is 12.1. The molecule has 0 saturated carbocycles. The van der Waals surface area contributed by atoms with Gasteiger partial charge in [0.05, 0.1) is 0 Å². The molecule has 0 bridgehead atoms. The Hall–Kier alpha value is -1.10. The number of amides is 1. The van der Waals surface area contributed by atoms with E-state index in [0.29, 0.717) is 11.4 Å². The number of nitrogens with zero attached hydrogens (tertiary/aromatic N) is 2. The lowest BCUT2D eigenvalue weighted by atomic mass is 9.96. The molecule has 0 spiro atoms. The van der Waals surface area contributed by atoms with Crippen LogP contribution in [0.25, 0.3) is 0 Å². The summed E-state index contributed by atoms with van der Waals surface area (Å²) in [6.45, 7) is 7.00. The molecule has 0 radical (unpaired) electrons. The predicted octanol–water partition coefficient (Wildman–Crippen LogP) is 4.26. The summed E-state index contributed by atoms with van der Waals surface area (Å²) in [5, 5.41) is 3.63. The number of carbonyl (C=O) groups is 1. The zero-order valence-corrected chi connectivity index (χ0v) is 16.5. The Morgan fingerprint density at radius 3 is 2.27 bits per heavy atom. The van der Waals surface area contributed by atoms with Crippen LogP contribution in [0.2, 0.25) is 5.02 Å². The normalized spacial score (nSPS) is 20.7. The molecule has 3 rings (SSSR count). The van der Waals surface area contributed by atoms with E-state index in [1.165, 1.54) is 58.2 Å². The van der Waals surface area contributed by atoms with Crippen molar-refractivity contribution in [1.29, 1.82) is 0 Å². The molecular weight excluding hydrogens is 346 g/mol. The van der Waals surface area contributed by atoms with Crippen LogP contribution < -0.4 is 5.32 Å². The second-order valence-corrected chi connectivity index (χ2v) is 8.24. The second-order valence-electron chi connectivity index (χ2n) is 7.80. The van der Waals surface area contributed by atoms with Crippen molar-refractivity contribution in [3.63, 3.8) is 0 Å². The van der Waals surface area contributed by atoms with Gasteiger partial charge in [-0.3, -0.25) is 4.79 Å². The highest BCUT2D eigenvalue weighted by Crippen LogP contribution is 2.21. The van der Waals surface area contributed by atoms with Crippen molar-refractivity contribution in [3.05, 3.63) is 29.3 Å². The van der Waals surface area contributed by atoms with Crippen molar-refractivity contribution in [1.82, 2.24) is 9.80 Å². The minimum absolute atomic E-state index is 0.0824. The van der Waals surface area contributed by atoms with E-state index < -0.39 is 0 Å². The fourth-order valence-electron chi connectivity index (χ4n) is 4.09. The molecule has 5 heteroatoms. The van der Waals surface area contributed by atoms with Crippen molar-refractivity contribution in [2.75, 3.05) is 44.6 Å². The lowest BCUT2D eigenvalue weighted by Gasteiger charge is -2.34. The molecule has 2 saturated heterocycles. The van der Waals surface area contributed by atoms with Crippen LogP contribution in [0.1, 0.15) is 44.9 Å². The van der Waals surface area contributed by atoms with E-state index in [1.807, 2.05) is 12.1 Å². The SMILES string of the molecule is O=C(CCN1CCC(CN2CCCCCC2)CC1)Nc1ccc(Cl)cc1. The van der Waals surface area contributed by atoms with Gasteiger partial charge in [-0.1, -0.05) is 24.4 Å². The average molecular weight is 378 g/mol. The monoisotopic (exact) mass is 377 g/mol. The summed E-state index contributed by atoms with van der Waals surface area (Å²) in [5.41, 5.74) is 0.815. The van der Waals surface area contributed by atoms with Gasteiger partial charge in [0.25, 0.3) is 0 Å². The largest absolute Gasteiger partial charge is 0.326 e. The Balaban J connectivity index is 1.32. The Labute approximate surface area is 162 Å². The summed E-state index contributed by atoms with van der Waals surface area (Å²) < 4.78 is 0. The van der Waals surface area contributed by atoms with Gasteiger partial charge in [-0.05, 0) is 82.0 Å². The van der Waals surface area contributed by atoms with Gasteiger partial charge in [0.1, 0.15) is 0 Å². The summed E-state index contributed by atoms with van der Waals surface area (Å²) in [5.74, 6) is 0.922. The molecule has 1 aromatic rings. The molecule has 1 amide bonds. The molecule has 2 aliphatic rings. The van der Waals surface area contributed by atoms with E-state index in [9.17, 15) is 4.79 Å². The van der Waals surface area contributed by atoms with Gasteiger partial charge in [-0.25, -0.2) is 0 Å². The van der Waals surface area contributed by atoms with Gasteiger partial charge in [-0.2, -0.15) is 0 Å². The molecule has 0 aliphatic carbocycles. The number of halogens is 1. The van der Waals surface area contributed by atoms with E-state index >= 15 is 0 Å². The Morgan fingerprint density at radius 2 is 1.62 bits per heavy atom. The van der Waals surface area contributed by atoms with Crippen LogP contribution in [0.15, 0.2) is 24.3 Å². The quantitative estimate of drug-likeness (QED) is 0.804. The number of hydrogen-bond acceptors (Lipinski definition) is 3. The van der Waals surface area contributed by atoms with Gasteiger partial charge < -0.3 is 15.1 Å². The van der Waals surface area contributed by atoms with Gasteiger partial charge in [0, 0.05) is 30.2 Å². The molecule has 144 valence electrons. The molecule has 2 heterocycles. The first-order chi connectivity index (χ1) is 12.7. The first-order valence-corrected chi connectivity index (χ1v) is 10.6. The molecule has 4 nitrogen and oxygen atoms in total. The van der Waals surface area contributed by atoms with E-state index in [2.05, 4.69) is 15.1 Å². The van der Waals surface area contributed by atoms with Crippen LogP contribution in [0.4, 0.5) is 5.69 Å². The molecule has 2 fully saturated rings. The zero-order valence-electron chi connectivity index (χ0n) is 15.8. The number of hydrogen-bond donors (Lipinski definition) is 1. The Morgan fingerprint density at radius 1 is 0.962 bits per heavy atom. The van der Waals surface area contributed by atoms with Crippen molar-refractivity contribution in [2.45, 2.75) is 44.9 Å². The van der Waals surface area contributed by atoms with Crippen LogP contribution >= 0.6 is 11.6 Å². The average Bonchev–Trinajstić information content (AvgIpc) is 2.92. The highest BCUT2D eigenvalue weighted by molar-refractivity contribution is 6.30. The number of anilines is 1. The fourth-order valence-corrected chi connectivity index (χ4v) is 4.22. The molecule has 0 unspecified atom stereocenters. The molecular formula is C21H32ClN3O. The van der Waals surface area contributed by atoms with Gasteiger partial charge in [0.2, 0.25) is 5.91 Å². The molecule has 0 atom stereocenters. The standard InChI is InChI=1S/C21H32ClN3O/c22-19-5-7-20(8-6-19)23-21(26)11-16-24-14-9-18(10-15-24)17-25-12-3-1-2-4-13-25/h5-8,18H,1-4,9-17H2,(H,23,26). The zero-order chi connectivity index (χ0) is 18.2. The highest BCUT2D eigenvalue weighted by atomic mass is 35.5. The molecule has 1 aromatic carbocycles. The van der Waals surface area contributed by atoms with Crippen molar-refractivity contribution < 1.29 is 4.79 Å². The van der Waals surface area contributed by atoms with Crippen LogP contribution in [-0.4, -0.2) is 55.0 Å². The van der Waals surface area contributed by atoms with Crippen molar-refractivity contribution >= 4 is 23.2 Å². The molecule has 2 aliphatic heterocycles. The van der Waals surface area contributed by atoms with Crippen LogP contribution in [0.3, 0.4) is 0 Å². The number of piperidine rings is 1. The third-order valence-electron chi connectivity index (χ3n) is 5.71. The lowest BCUT2D eigenvalue weighted by Crippen LogP contribution is -2.40. The molecule has 26 heavy (non-hydrogen) atoms. The summed E-state index contributed by atoms with van der Waals surface area (Å²) >= 11 is 5.87. The van der Waals surface area contributed by atoms with Crippen molar-refractivity contribution in [3.8, 4) is 0 Å². The summed E-state index contributed by atoms with van der Waals surface area (Å²) in [7, 11) is 0. The Kier molecular flexibility index (Phi) is 7.78. The van der Waals surface area contributed by atoms with Gasteiger partial charge >= 0.3 is 0 Å². The number of rotatable bonds is 6. The van der Waals surface area contributed by atoms with Crippen molar-refractivity contribution in [2.24, 2.45) is 5.92 Å². The van der Waals surface area contributed by atoms with E-state index in [-0.39, 0.29) is 5.91 Å². The number of nitrogens with one attached hydrogen (secondary N) is 1. The molecule has 0 aromatic heterocycles. The second kappa shape index (κ2) is 10.3. The minimum atomic E-state index is 0.0824. The topological polar surface area (TPSA) is 35.6 Å². The van der Waals surface area contributed by atoms with Crippen LogP contribution in [-0.2, 0) is 4.79 Å². The fraction of sp³-hybridized carbons (Fsp3) is 0.667. The maximum absolute atomic E-state index is 12.1. The number of benzene rings is 1. The third-order valence-corrected chi connectivity index (χ3v) is 5.96. The summed E-state index contributed by atoms with van der Waals surface area (Å²) in [6.07, 6.45) is 8.67. The maximum Gasteiger partial charge on any atom is 0.225 e. The first kappa shape index (κ1) is 19.7. The minimum Gasteiger partial charge on any atom is -0.326 e. The first-order valence-electron chi connectivity index (χ1n) is 10.2. The number of carbonyl (C=O) groups excluding carboxylic acids is 1. The lowest BCUT2D eigenvalue weighted by molar-refractivity contribution is -0.116. The summed E-state index contributed by atoms with van der Waals surface area (Å²) in [6, 6.07) is 7.28. The predicted molar refractivity (Wildman–Crippen MR) is 109 cm³/mol.